The van der Waals surface area contributed by atoms with Gasteiger partial charge in [-0.2, -0.15) is 0 Å². The molecule has 3 fully saturated rings. The van der Waals surface area contributed by atoms with Crippen molar-refractivity contribution in [1.29, 1.82) is 0 Å². The van der Waals surface area contributed by atoms with Crippen LogP contribution in [-0.2, 0) is 9.53 Å². The van der Waals surface area contributed by atoms with Crippen molar-refractivity contribution in [2.75, 3.05) is 13.2 Å². The van der Waals surface area contributed by atoms with E-state index in [4.69, 9.17) is 10.5 Å². The molecular weight excluding hydrogens is 252 g/mol. The fourth-order valence-electron chi connectivity index (χ4n) is 4.32. The SMILES string of the molecule is CC1(C)CC1CNC(=O)C1(N)C2CCCOC2C1(C)C. The first kappa shape index (κ1) is 14.3. The van der Waals surface area contributed by atoms with Crippen molar-refractivity contribution in [2.45, 2.75) is 58.6 Å². The number of carbonyl (C=O) groups is 1. The Morgan fingerprint density at radius 1 is 1.35 bits per heavy atom. The molecule has 1 saturated heterocycles. The molecule has 0 aromatic rings. The van der Waals surface area contributed by atoms with Gasteiger partial charge in [0.25, 0.3) is 0 Å². The van der Waals surface area contributed by atoms with Gasteiger partial charge in [-0.3, -0.25) is 4.79 Å². The van der Waals surface area contributed by atoms with E-state index in [1.165, 1.54) is 6.42 Å². The lowest BCUT2D eigenvalue weighted by atomic mass is 9.46. The van der Waals surface area contributed by atoms with Crippen molar-refractivity contribution in [3.8, 4) is 0 Å². The molecule has 0 spiro atoms. The summed E-state index contributed by atoms with van der Waals surface area (Å²) in [6.45, 7) is 10.2. The standard InChI is InChI=1S/C16H28N2O2/c1-14(2)8-10(14)9-18-13(19)16(17)11-6-5-7-20-12(11)15(16,3)4/h10-12H,5-9,17H2,1-4H3,(H,18,19). The van der Waals surface area contributed by atoms with Gasteiger partial charge < -0.3 is 15.8 Å². The minimum Gasteiger partial charge on any atom is -0.377 e. The highest BCUT2D eigenvalue weighted by Gasteiger charge is 2.70. The quantitative estimate of drug-likeness (QED) is 0.826. The van der Waals surface area contributed by atoms with Crippen molar-refractivity contribution in [3.63, 3.8) is 0 Å². The van der Waals surface area contributed by atoms with Crippen LogP contribution in [0.15, 0.2) is 0 Å². The second-order valence-electron chi connectivity index (χ2n) is 8.23. The van der Waals surface area contributed by atoms with E-state index in [0.29, 0.717) is 11.3 Å². The number of hydrogen-bond acceptors (Lipinski definition) is 3. The molecule has 20 heavy (non-hydrogen) atoms. The van der Waals surface area contributed by atoms with Crippen LogP contribution >= 0.6 is 0 Å². The van der Waals surface area contributed by atoms with Crippen molar-refractivity contribution >= 4 is 5.91 Å². The maximum Gasteiger partial charge on any atom is 0.241 e. The zero-order chi connectivity index (χ0) is 14.8. The number of carbonyl (C=O) groups excluding carboxylic acids is 1. The Kier molecular flexibility index (Phi) is 3.01. The third-order valence-electron chi connectivity index (χ3n) is 6.29. The third-order valence-corrected chi connectivity index (χ3v) is 6.29. The highest BCUT2D eigenvalue weighted by Crippen LogP contribution is 2.57. The largest absolute Gasteiger partial charge is 0.377 e. The van der Waals surface area contributed by atoms with Crippen molar-refractivity contribution < 1.29 is 9.53 Å². The molecule has 3 aliphatic rings. The number of rotatable bonds is 3. The van der Waals surface area contributed by atoms with E-state index in [-0.39, 0.29) is 23.3 Å². The lowest BCUT2D eigenvalue weighted by Crippen LogP contribution is -2.82. The maximum atomic E-state index is 12.7. The molecule has 2 aliphatic carbocycles. The third kappa shape index (κ3) is 1.77. The summed E-state index contributed by atoms with van der Waals surface area (Å²) in [4.78, 5) is 12.7. The summed E-state index contributed by atoms with van der Waals surface area (Å²) in [5.41, 5.74) is 5.91. The molecular formula is C16H28N2O2. The molecule has 0 aromatic carbocycles. The Bertz CT molecular complexity index is 432. The zero-order valence-corrected chi connectivity index (χ0v) is 13.2. The summed E-state index contributed by atoms with van der Waals surface area (Å²) in [7, 11) is 0. The summed E-state index contributed by atoms with van der Waals surface area (Å²) < 4.78 is 5.85. The van der Waals surface area contributed by atoms with E-state index in [9.17, 15) is 4.79 Å². The van der Waals surface area contributed by atoms with Crippen LogP contribution < -0.4 is 11.1 Å². The Hall–Kier alpha value is -0.610. The number of fused-ring (bicyclic) bond motifs is 1. The molecule has 4 unspecified atom stereocenters. The number of amides is 1. The van der Waals surface area contributed by atoms with E-state index < -0.39 is 5.54 Å². The first-order chi connectivity index (χ1) is 9.21. The number of ether oxygens (including phenoxy) is 1. The average Bonchev–Trinajstić information content (AvgIpc) is 3.02. The zero-order valence-electron chi connectivity index (χ0n) is 13.2. The fourth-order valence-corrected chi connectivity index (χ4v) is 4.32. The first-order valence-electron chi connectivity index (χ1n) is 7.90. The van der Waals surface area contributed by atoms with Crippen LogP contribution in [0.2, 0.25) is 0 Å². The van der Waals surface area contributed by atoms with Crippen LogP contribution in [0, 0.1) is 22.7 Å². The minimum atomic E-state index is -0.767. The Balaban J connectivity index is 1.66. The maximum absolute atomic E-state index is 12.7. The van der Waals surface area contributed by atoms with Gasteiger partial charge in [-0.15, -0.1) is 0 Å². The smallest absolute Gasteiger partial charge is 0.241 e. The van der Waals surface area contributed by atoms with Gasteiger partial charge >= 0.3 is 0 Å². The first-order valence-corrected chi connectivity index (χ1v) is 7.90. The van der Waals surface area contributed by atoms with Crippen LogP contribution in [0.4, 0.5) is 0 Å². The monoisotopic (exact) mass is 280 g/mol. The van der Waals surface area contributed by atoms with Gasteiger partial charge in [0.05, 0.1) is 6.10 Å². The normalized spacial score (nSPS) is 44.1. The highest BCUT2D eigenvalue weighted by molar-refractivity contribution is 5.89. The molecule has 2 saturated carbocycles. The summed E-state index contributed by atoms with van der Waals surface area (Å²) in [5, 5.41) is 3.11. The van der Waals surface area contributed by atoms with Gasteiger partial charge in [-0.25, -0.2) is 0 Å². The lowest BCUT2D eigenvalue weighted by molar-refractivity contribution is -0.225. The molecule has 4 heteroatoms. The molecule has 3 rings (SSSR count). The topological polar surface area (TPSA) is 64.4 Å². The minimum absolute atomic E-state index is 0.0250. The van der Waals surface area contributed by atoms with Gasteiger partial charge in [0.15, 0.2) is 0 Å². The van der Waals surface area contributed by atoms with E-state index in [1.54, 1.807) is 0 Å². The van der Waals surface area contributed by atoms with Gasteiger partial charge in [0.1, 0.15) is 5.54 Å². The van der Waals surface area contributed by atoms with E-state index in [0.717, 1.165) is 26.0 Å². The fraction of sp³-hybridized carbons (Fsp3) is 0.938. The van der Waals surface area contributed by atoms with Crippen LogP contribution in [0.5, 0.6) is 0 Å². The molecule has 4 nitrogen and oxygen atoms in total. The molecule has 1 aliphatic heterocycles. The van der Waals surface area contributed by atoms with Crippen LogP contribution in [0.25, 0.3) is 0 Å². The van der Waals surface area contributed by atoms with Gasteiger partial charge in [0.2, 0.25) is 5.91 Å². The van der Waals surface area contributed by atoms with Gasteiger partial charge in [-0.05, 0) is 30.6 Å². The molecule has 4 atom stereocenters. The molecule has 3 N–H and O–H groups in total. The van der Waals surface area contributed by atoms with Gasteiger partial charge in [0, 0.05) is 24.5 Å². The number of hydrogen-bond donors (Lipinski definition) is 2. The number of nitrogens with one attached hydrogen (secondary N) is 1. The number of nitrogens with two attached hydrogens (primary N) is 1. The Morgan fingerprint density at radius 2 is 2.00 bits per heavy atom. The van der Waals surface area contributed by atoms with Crippen molar-refractivity contribution in [1.82, 2.24) is 5.32 Å². The average molecular weight is 280 g/mol. The van der Waals surface area contributed by atoms with Crippen molar-refractivity contribution in [2.24, 2.45) is 28.4 Å². The second-order valence-corrected chi connectivity index (χ2v) is 8.23. The molecule has 1 amide bonds. The predicted molar refractivity (Wildman–Crippen MR) is 78.1 cm³/mol. The summed E-state index contributed by atoms with van der Waals surface area (Å²) in [5.74, 6) is 0.812. The van der Waals surface area contributed by atoms with E-state index in [1.807, 2.05) is 0 Å². The van der Waals surface area contributed by atoms with E-state index in [2.05, 4.69) is 33.0 Å². The molecule has 0 bridgehead atoms. The van der Waals surface area contributed by atoms with Crippen LogP contribution in [0.1, 0.15) is 47.0 Å². The van der Waals surface area contributed by atoms with Crippen LogP contribution in [0.3, 0.4) is 0 Å². The van der Waals surface area contributed by atoms with Crippen molar-refractivity contribution in [3.05, 3.63) is 0 Å². The Morgan fingerprint density at radius 3 is 2.60 bits per heavy atom. The predicted octanol–water partition coefficient (Wildman–Crippen LogP) is 1.68. The summed E-state index contributed by atoms with van der Waals surface area (Å²) in [6.07, 6.45) is 3.36. The molecule has 114 valence electrons. The van der Waals surface area contributed by atoms with Crippen LogP contribution in [-0.4, -0.2) is 30.7 Å². The molecule has 0 aromatic heterocycles. The molecule has 1 heterocycles. The summed E-state index contributed by atoms with van der Waals surface area (Å²) >= 11 is 0. The van der Waals surface area contributed by atoms with E-state index >= 15 is 0 Å². The highest BCUT2D eigenvalue weighted by atomic mass is 16.5. The molecule has 0 radical (unpaired) electrons. The lowest BCUT2D eigenvalue weighted by Gasteiger charge is -2.65. The second kappa shape index (κ2) is 4.20. The summed E-state index contributed by atoms with van der Waals surface area (Å²) in [6, 6.07) is 0. The van der Waals surface area contributed by atoms with Gasteiger partial charge in [-0.1, -0.05) is 27.7 Å². The Labute approximate surface area is 121 Å².